The second-order valence-corrected chi connectivity index (χ2v) is 7.71. The van der Waals surface area contributed by atoms with Gasteiger partial charge in [0, 0.05) is 30.7 Å². The summed E-state index contributed by atoms with van der Waals surface area (Å²) < 4.78 is 17.1. The van der Waals surface area contributed by atoms with Crippen molar-refractivity contribution in [3.8, 4) is 22.8 Å². The summed E-state index contributed by atoms with van der Waals surface area (Å²) in [5, 5.41) is 42.9. The number of aromatic hydroxyl groups is 1. The number of hydrogen-bond donors (Lipinski definition) is 5. The predicted molar refractivity (Wildman–Crippen MR) is 116 cm³/mol. The van der Waals surface area contributed by atoms with Crippen LogP contribution in [0.3, 0.4) is 0 Å². The molecule has 3 aromatic rings. The van der Waals surface area contributed by atoms with Crippen molar-refractivity contribution in [3.63, 3.8) is 0 Å². The van der Waals surface area contributed by atoms with E-state index in [9.17, 15) is 30.0 Å². The van der Waals surface area contributed by atoms with Crippen molar-refractivity contribution >= 4 is 16.9 Å². The Morgan fingerprint density at radius 1 is 1.12 bits per heavy atom. The van der Waals surface area contributed by atoms with Crippen LogP contribution in [0.1, 0.15) is 6.92 Å². The van der Waals surface area contributed by atoms with Gasteiger partial charge in [-0.2, -0.15) is 0 Å². The first-order chi connectivity index (χ1) is 15.8. The van der Waals surface area contributed by atoms with E-state index >= 15 is 0 Å². The van der Waals surface area contributed by atoms with E-state index in [1.54, 1.807) is 24.3 Å². The maximum Gasteiger partial charge on any atom is 0.223 e. The monoisotopic (exact) mass is 457 g/mol. The van der Waals surface area contributed by atoms with Gasteiger partial charge in [-0.25, -0.2) is 0 Å². The molecule has 1 aromatic heterocycles. The fourth-order valence-electron chi connectivity index (χ4n) is 3.76. The number of aliphatic hydroxyl groups excluding tert-OH is 3. The minimum atomic E-state index is -1.50. The molecule has 0 bridgehead atoms. The number of aliphatic hydroxyl groups is 3. The quantitative estimate of drug-likeness (QED) is 0.367. The summed E-state index contributed by atoms with van der Waals surface area (Å²) in [4.78, 5) is 24.2. The number of phenolic OH excluding ortho intramolecular Hbond substituents is 1. The highest BCUT2D eigenvalue weighted by molar-refractivity contribution is 5.86. The van der Waals surface area contributed by atoms with Crippen molar-refractivity contribution < 1.29 is 39.1 Å². The van der Waals surface area contributed by atoms with Crippen molar-refractivity contribution in [1.29, 1.82) is 0 Å². The molecule has 10 nitrogen and oxygen atoms in total. The molecule has 2 aromatic carbocycles. The lowest BCUT2D eigenvalue weighted by Crippen LogP contribution is -2.65. The van der Waals surface area contributed by atoms with Gasteiger partial charge in [-0.1, -0.05) is 30.3 Å². The highest BCUT2D eigenvalue weighted by Gasteiger charge is 2.46. The number of ether oxygens (including phenoxy) is 2. The van der Waals surface area contributed by atoms with Crippen molar-refractivity contribution in [2.45, 2.75) is 37.6 Å². The summed E-state index contributed by atoms with van der Waals surface area (Å²) in [6.45, 7) is 0.610. The molecule has 1 amide bonds. The number of carbonyl (C=O) groups is 1. The Morgan fingerprint density at radius 2 is 1.85 bits per heavy atom. The van der Waals surface area contributed by atoms with Crippen molar-refractivity contribution in [2.75, 3.05) is 6.61 Å². The van der Waals surface area contributed by atoms with E-state index in [4.69, 9.17) is 13.9 Å². The normalized spacial score (nSPS) is 25.0. The predicted octanol–water partition coefficient (Wildman–Crippen LogP) is 0.488. The molecule has 5 N–H and O–H groups in total. The molecule has 33 heavy (non-hydrogen) atoms. The van der Waals surface area contributed by atoms with Gasteiger partial charge in [0.25, 0.3) is 0 Å². The van der Waals surface area contributed by atoms with Crippen molar-refractivity contribution in [1.82, 2.24) is 5.32 Å². The van der Waals surface area contributed by atoms with Gasteiger partial charge in [-0.3, -0.25) is 9.59 Å². The standard InChI is InChI=1S/C23H23NO9/c1-11(26)24-20-22(30)21(29)18(10-25)33-23(20)31-13-7-14(27)19-15(28)9-16(32-17(19)8-13)12-5-3-2-4-6-12/h2-9,18,20-23,25,27,29-30H,10H2,1H3,(H,24,26)/t18-,20+,21-,22-,23-/m1/s1. The Balaban J connectivity index is 1.72. The van der Waals surface area contributed by atoms with Crippen LogP contribution in [0.5, 0.6) is 11.5 Å². The fraction of sp³-hybridized carbons (Fsp3) is 0.304. The number of hydrogen-bond acceptors (Lipinski definition) is 9. The number of amides is 1. The van der Waals surface area contributed by atoms with Crippen LogP contribution in [0.15, 0.2) is 57.7 Å². The Hall–Kier alpha value is -3.44. The molecule has 4 rings (SSSR count). The fourth-order valence-corrected chi connectivity index (χ4v) is 3.76. The van der Waals surface area contributed by atoms with Crippen molar-refractivity contribution in [3.05, 3.63) is 58.8 Å². The molecule has 0 radical (unpaired) electrons. The molecule has 0 unspecified atom stereocenters. The van der Waals surface area contributed by atoms with Gasteiger partial charge in [0.05, 0.1) is 6.61 Å². The van der Waals surface area contributed by atoms with Gasteiger partial charge in [0.2, 0.25) is 12.2 Å². The highest BCUT2D eigenvalue weighted by Crippen LogP contribution is 2.33. The number of benzene rings is 2. The second kappa shape index (κ2) is 9.20. The lowest BCUT2D eigenvalue weighted by Gasteiger charge is -2.42. The molecule has 1 fully saturated rings. The molecule has 10 heteroatoms. The molecule has 0 spiro atoms. The van der Waals surface area contributed by atoms with E-state index in [1.807, 2.05) is 6.07 Å². The number of phenols is 1. The van der Waals surface area contributed by atoms with Crippen LogP contribution in [-0.4, -0.2) is 63.6 Å². The Labute approximate surface area is 187 Å². The van der Waals surface area contributed by atoms with Gasteiger partial charge >= 0.3 is 0 Å². The van der Waals surface area contributed by atoms with Crippen LogP contribution in [-0.2, 0) is 9.53 Å². The van der Waals surface area contributed by atoms with Crippen molar-refractivity contribution in [2.24, 2.45) is 0 Å². The molecule has 0 aliphatic carbocycles. The maximum atomic E-state index is 12.6. The van der Waals surface area contributed by atoms with Crippen LogP contribution >= 0.6 is 0 Å². The SMILES string of the molecule is CC(=O)N[C@@H]1[C@H](Oc2cc(O)c3c(=O)cc(-c4ccccc4)oc3c2)O[C@H](CO)[C@@H](O)[C@@H]1O. The van der Waals surface area contributed by atoms with E-state index in [-0.39, 0.29) is 22.5 Å². The van der Waals surface area contributed by atoms with Gasteiger partial charge in [0.1, 0.15) is 52.6 Å². The summed E-state index contributed by atoms with van der Waals surface area (Å²) in [6, 6.07) is 11.6. The lowest BCUT2D eigenvalue weighted by atomic mass is 9.97. The molecule has 174 valence electrons. The van der Waals surface area contributed by atoms with E-state index in [1.165, 1.54) is 25.1 Å². The van der Waals surface area contributed by atoms with Crippen LogP contribution < -0.4 is 15.5 Å². The summed E-state index contributed by atoms with van der Waals surface area (Å²) in [5.41, 5.74) is 0.247. The third-order valence-corrected chi connectivity index (χ3v) is 5.34. The molecule has 1 aliphatic rings. The van der Waals surface area contributed by atoms with E-state index < -0.39 is 54.3 Å². The zero-order valence-electron chi connectivity index (χ0n) is 17.5. The minimum Gasteiger partial charge on any atom is -0.507 e. The first-order valence-corrected chi connectivity index (χ1v) is 10.2. The summed E-state index contributed by atoms with van der Waals surface area (Å²) in [7, 11) is 0. The third-order valence-electron chi connectivity index (χ3n) is 5.34. The first kappa shape index (κ1) is 22.7. The van der Waals surface area contributed by atoms with Gasteiger partial charge in [0.15, 0.2) is 5.43 Å². The molecule has 0 saturated carbocycles. The van der Waals surface area contributed by atoms with E-state index in [0.717, 1.165) is 0 Å². The average molecular weight is 457 g/mol. The Kier molecular flexibility index (Phi) is 6.34. The van der Waals surface area contributed by atoms with E-state index in [2.05, 4.69) is 5.32 Å². The number of rotatable bonds is 5. The zero-order chi connectivity index (χ0) is 23.7. The number of fused-ring (bicyclic) bond motifs is 1. The lowest BCUT2D eigenvalue weighted by molar-refractivity contribution is -0.244. The van der Waals surface area contributed by atoms with Crippen LogP contribution in [0.4, 0.5) is 0 Å². The summed E-state index contributed by atoms with van der Waals surface area (Å²) >= 11 is 0. The van der Waals surface area contributed by atoms with Crippen LogP contribution in [0.25, 0.3) is 22.3 Å². The Bertz CT molecular complexity index is 1210. The Morgan fingerprint density at radius 3 is 2.52 bits per heavy atom. The highest BCUT2D eigenvalue weighted by atomic mass is 16.7. The average Bonchev–Trinajstić information content (AvgIpc) is 2.78. The van der Waals surface area contributed by atoms with Gasteiger partial charge in [-0.15, -0.1) is 0 Å². The smallest absolute Gasteiger partial charge is 0.223 e. The van der Waals surface area contributed by atoms with Crippen LogP contribution in [0.2, 0.25) is 0 Å². The molecular weight excluding hydrogens is 434 g/mol. The zero-order valence-corrected chi connectivity index (χ0v) is 17.5. The molecular formula is C23H23NO9. The minimum absolute atomic E-state index is 0.00833. The largest absolute Gasteiger partial charge is 0.507 e. The molecule has 1 saturated heterocycles. The number of nitrogens with one attached hydrogen (secondary N) is 1. The number of carbonyl (C=O) groups excluding carboxylic acids is 1. The third kappa shape index (κ3) is 4.55. The second-order valence-electron chi connectivity index (χ2n) is 7.71. The molecule has 5 atom stereocenters. The van der Waals surface area contributed by atoms with Crippen LogP contribution in [0, 0.1) is 0 Å². The van der Waals surface area contributed by atoms with E-state index in [0.29, 0.717) is 5.56 Å². The molecule has 1 aliphatic heterocycles. The topological polar surface area (TPSA) is 159 Å². The summed E-state index contributed by atoms with van der Waals surface area (Å²) in [5.74, 6) is -0.615. The van der Waals surface area contributed by atoms with Gasteiger partial charge < -0.3 is 39.6 Å². The first-order valence-electron chi connectivity index (χ1n) is 10.2. The summed E-state index contributed by atoms with van der Waals surface area (Å²) in [6.07, 6.45) is -5.47. The van der Waals surface area contributed by atoms with Gasteiger partial charge in [-0.05, 0) is 0 Å². The maximum absolute atomic E-state index is 12.6. The molecule has 2 heterocycles.